The lowest BCUT2D eigenvalue weighted by molar-refractivity contribution is 0.785. The highest BCUT2D eigenvalue weighted by atomic mass is 35.5. The molecule has 1 heterocycles. The Morgan fingerprint density at radius 1 is 1.18 bits per heavy atom. The fourth-order valence-corrected chi connectivity index (χ4v) is 2.34. The van der Waals surface area contributed by atoms with E-state index < -0.39 is 0 Å². The molecule has 90 valence electrons. The average Bonchev–Trinajstić information content (AvgIpc) is 2.71. The SMILES string of the molecule is Cc1cc(C)c(Cn2cnc(CCl)c2)c(C)c1. The van der Waals surface area contributed by atoms with Crippen molar-refractivity contribution < 1.29 is 0 Å². The quantitative estimate of drug-likeness (QED) is 0.759. The van der Waals surface area contributed by atoms with Crippen LogP contribution in [0.15, 0.2) is 24.7 Å². The molecule has 2 nitrogen and oxygen atoms in total. The van der Waals surface area contributed by atoms with Crippen molar-refractivity contribution in [2.45, 2.75) is 33.2 Å². The Morgan fingerprint density at radius 3 is 2.35 bits per heavy atom. The van der Waals surface area contributed by atoms with Crippen molar-refractivity contribution >= 4 is 11.6 Å². The molecule has 0 amide bonds. The molecule has 3 heteroatoms. The van der Waals surface area contributed by atoms with Crippen molar-refractivity contribution in [3.63, 3.8) is 0 Å². The van der Waals surface area contributed by atoms with Crippen molar-refractivity contribution in [3.8, 4) is 0 Å². The summed E-state index contributed by atoms with van der Waals surface area (Å²) in [6.07, 6.45) is 3.85. The number of nitrogens with zero attached hydrogens (tertiary/aromatic N) is 2. The van der Waals surface area contributed by atoms with Crippen LogP contribution in [0.5, 0.6) is 0 Å². The third-order valence-electron chi connectivity index (χ3n) is 3.00. The minimum atomic E-state index is 0.471. The van der Waals surface area contributed by atoms with E-state index in [1.165, 1.54) is 22.3 Å². The predicted molar refractivity (Wildman–Crippen MR) is 71.5 cm³/mol. The van der Waals surface area contributed by atoms with Gasteiger partial charge in [0.15, 0.2) is 0 Å². The Kier molecular flexibility index (Phi) is 3.53. The molecule has 0 atom stereocenters. The summed E-state index contributed by atoms with van der Waals surface area (Å²) < 4.78 is 2.09. The topological polar surface area (TPSA) is 17.8 Å². The number of hydrogen-bond donors (Lipinski definition) is 0. The Bertz CT molecular complexity index is 506. The molecular weight excluding hydrogens is 232 g/mol. The van der Waals surface area contributed by atoms with E-state index >= 15 is 0 Å². The molecule has 0 bridgehead atoms. The number of alkyl halides is 1. The maximum atomic E-state index is 5.75. The lowest BCUT2D eigenvalue weighted by atomic mass is 10.00. The summed E-state index contributed by atoms with van der Waals surface area (Å²) >= 11 is 5.75. The molecule has 2 aromatic rings. The number of rotatable bonds is 3. The number of aryl methyl sites for hydroxylation is 3. The summed E-state index contributed by atoms with van der Waals surface area (Å²) in [5.41, 5.74) is 6.28. The van der Waals surface area contributed by atoms with Gasteiger partial charge >= 0.3 is 0 Å². The molecule has 0 radical (unpaired) electrons. The van der Waals surface area contributed by atoms with Gasteiger partial charge in [0.25, 0.3) is 0 Å². The fraction of sp³-hybridized carbons (Fsp3) is 0.357. The smallest absolute Gasteiger partial charge is 0.0953 e. The van der Waals surface area contributed by atoms with Crippen LogP contribution in [0.2, 0.25) is 0 Å². The molecule has 0 saturated carbocycles. The number of aromatic nitrogens is 2. The first-order valence-electron chi connectivity index (χ1n) is 5.73. The van der Waals surface area contributed by atoms with Crippen LogP contribution < -0.4 is 0 Å². The third-order valence-corrected chi connectivity index (χ3v) is 3.28. The Labute approximate surface area is 107 Å². The molecule has 1 aromatic heterocycles. The second kappa shape index (κ2) is 4.92. The minimum absolute atomic E-state index is 0.471. The lowest BCUT2D eigenvalue weighted by Gasteiger charge is -2.11. The summed E-state index contributed by atoms with van der Waals surface area (Å²) in [4.78, 5) is 4.24. The molecule has 0 aliphatic carbocycles. The van der Waals surface area contributed by atoms with Crippen molar-refractivity contribution in [1.82, 2.24) is 9.55 Å². The number of halogens is 1. The zero-order chi connectivity index (χ0) is 12.4. The lowest BCUT2D eigenvalue weighted by Crippen LogP contribution is -2.02. The molecule has 1 aromatic carbocycles. The summed E-state index contributed by atoms with van der Waals surface area (Å²) in [5.74, 6) is 0.471. The first-order valence-corrected chi connectivity index (χ1v) is 6.27. The Balaban J connectivity index is 2.29. The highest BCUT2D eigenvalue weighted by molar-refractivity contribution is 6.16. The Hall–Kier alpha value is -1.28. The van der Waals surface area contributed by atoms with E-state index in [-0.39, 0.29) is 0 Å². The zero-order valence-corrected chi connectivity index (χ0v) is 11.3. The van der Waals surface area contributed by atoms with Gasteiger partial charge in [-0.15, -0.1) is 11.6 Å². The standard InChI is InChI=1S/C14H17ClN2/c1-10-4-11(2)14(12(3)5-10)8-17-7-13(6-15)16-9-17/h4-5,7,9H,6,8H2,1-3H3. The molecule has 0 fully saturated rings. The molecule has 0 unspecified atom stereocenters. The maximum Gasteiger partial charge on any atom is 0.0953 e. The number of imidazole rings is 1. The average molecular weight is 249 g/mol. The van der Waals surface area contributed by atoms with Crippen molar-refractivity contribution in [2.75, 3.05) is 0 Å². The van der Waals surface area contributed by atoms with Gasteiger partial charge in [-0.3, -0.25) is 0 Å². The van der Waals surface area contributed by atoms with Crippen LogP contribution in [0, 0.1) is 20.8 Å². The van der Waals surface area contributed by atoms with E-state index in [9.17, 15) is 0 Å². The Morgan fingerprint density at radius 2 is 1.82 bits per heavy atom. The van der Waals surface area contributed by atoms with Crippen molar-refractivity contribution in [3.05, 3.63) is 52.6 Å². The largest absolute Gasteiger partial charge is 0.333 e. The zero-order valence-electron chi connectivity index (χ0n) is 10.5. The molecule has 0 N–H and O–H groups in total. The molecule has 0 aliphatic heterocycles. The minimum Gasteiger partial charge on any atom is -0.333 e. The molecular formula is C14H17ClN2. The second-order valence-electron chi connectivity index (χ2n) is 4.55. The van der Waals surface area contributed by atoms with Crippen LogP contribution in [-0.2, 0) is 12.4 Å². The highest BCUT2D eigenvalue weighted by Crippen LogP contribution is 2.17. The fourth-order valence-electron chi connectivity index (χ4n) is 2.20. The van der Waals surface area contributed by atoms with Crippen LogP contribution >= 0.6 is 11.6 Å². The van der Waals surface area contributed by atoms with Gasteiger partial charge in [0.05, 0.1) is 17.9 Å². The van der Waals surface area contributed by atoms with Crippen molar-refractivity contribution in [1.29, 1.82) is 0 Å². The third kappa shape index (κ3) is 2.70. The van der Waals surface area contributed by atoms with Crippen molar-refractivity contribution in [2.24, 2.45) is 0 Å². The van der Waals surface area contributed by atoms with Gasteiger partial charge in [0, 0.05) is 12.7 Å². The molecule has 0 aliphatic rings. The molecule has 17 heavy (non-hydrogen) atoms. The molecule has 2 rings (SSSR count). The predicted octanol–water partition coefficient (Wildman–Crippen LogP) is 3.60. The first kappa shape index (κ1) is 12.2. The van der Waals surface area contributed by atoms with Gasteiger partial charge in [-0.1, -0.05) is 17.7 Å². The van der Waals surface area contributed by atoms with Gasteiger partial charge < -0.3 is 4.57 Å². The summed E-state index contributed by atoms with van der Waals surface area (Å²) in [6, 6.07) is 4.45. The first-order chi connectivity index (χ1) is 8.10. The van der Waals surface area contributed by atoms with Crippen LogP contribution in [0.4, 0.5) is 0 Å². The van der Waals surface area contributed by atoms with Crippen LogP contribution in [0.1, 0.15) is 27.9 Å². The molecule has 0 saturated heterocycles. The van der Waals surface area contributed by atoms with Gasteiger partial charge in [0.2, 0.25) is 0 Å². The second-order valence-corrected chi connectivity index (χ2v) is 4.82. The van der Waals surface area contributed by atoms with Gasteiger partial charge in [-0.05, 0) is 37.5 Å². The van der Waals surface area contributed by atoms with Crippen LogP contribution in [0.25, 0.3) is 0 Å². The van der Waals surface area contributed by atoms with Gasteiger partial charge in [0.1, 0.15) is 0 Å². The maximum absolute atomic E-state index is 5.75. The van der Waals surface area contributed by atoms with Gasteiger partial charge in [-0.2, -0.15) is 0 Å². The monoisotopic (exact) mass is 248 g/mol. The van der Waals surface area contributed by atoms with Crippen LogP contribution in [0.3, 0.4) is 0 Å². The number of hydrogen-bond acceptors (Lipinski definition) is 1. The van der Waals surface area contributed by atoms with E-state index in [0.29, 0.717) is 5.88 Å². The summed E-state index contributed by atoms with van der Waals surface area (Å²) in [6.45, 7) is 7.32. The van der Waals surface area contributed by atoms with E-state index in [2.05, 4.69) is 42.5 Å². The van der Waals surface area contributed by atoms with Gasteiger partial charge in [-0.25, -0.2) is 4.98 Å². The van der Waals surface area contributed by atoms with E-state index in [0.717, 1.165) is 12.2 Å². The summed E-state index contributed by atoms with van der Waals surface area (Å²) in [7, 11) is 0. The van der Waals surface area contributed by atoms with E-state index in [1.54, 1.807) is 0 Å². The van der Waals surface area contributed by atoms with E-state index in [1.807, 2.05) is 12.5 Å². The number of benzene rings is 1. The van der Waals surface area contributed by atoms with Crippen LogP contribution in [-0.4, -0.2) is 9.55 Å². The normalized spacial score (nSPS) is 10.8. The van der Waals surface area contributed by atoms with E-state index in [4.69, 9.17) is 11.6 Å². The summed E-state index contributed by atoms with van der Waals surface area (Å²) in [5, 5.41) is 0. The molecule has 0 spiro atoms. The highest BCUT2D eigenvalue weighted by Gasteiger charge is 2.05.